The maximum absolute atomic E-state index is 14.1. The quantitative estimate of drug-likeness (QED) is 0.362. The average Bonchev–Trinajstić information content (AvgIpc) is 2.70. The highest BCUT2D eigenvalue weighted by atomic mass is 31.2. The number of hydrogen-bond donors (Lipinski definition) is 0. The van der Waals surface area contributed by atoms with Crippen LogP contribution in [0.2, 0.25) is 0 Å². The highest BCUT2D eigenvalue weighted by Crippen LogP contribution is 2.60. The van der Waals surface area contributed by atoms with Gasteiger partial charge in [-0.1, -0.05) is 51.5 Å². The van der Waals surface area contributed by atoms with Crippen LogP contribution in [0.3, 0.4) is 0 Å². The molecular formula is C21H33O4P. The van der Waals surface area contributed by atoms with Gasteiger partial charge in [0.05, 0.1) is 14.2 Å². The summed E-state index contributed by atoms with van der Waals surface area (Å²) in [6.45, 7) is 2.16. The molecule has 1 aromatic rings. The van der Waals surface area contributed by atoms with Crippen LogP contribution in [0.1, 0.15) is 75.1 Å². The molecular weight excluding hydrogens is 347 g/mol. The molecule has 26 heavy (non-hydrogen) atoms. The average molecular weight is 380 g/mol. The van der Waals surface area contributed by atoms with E-state index < -0.39 is 7.14 Å². The lowest BCUT2D eigenvalue weighted by molar-refractivity contribution is 0.106. The molecule has 1 aliphatic carbocycles. The van der Waals surface area contributed by atoms with Gasteiger partial charge in [-0.25, -0.2) is 0 Å². The Bertz CT molecular complexity index is 613. The Morgan fingerprint density at radius 2 is 1.65 bits per heavy atom. The number of carbonyl (C=O) groups is 1. The first-order chi connectivity index (χ1) is 12.6. The molecule has 1 saturated carbocycles. The van der Waals surface area contributed by atoms with E-state index in [1.54, 1.807) is 32.4 Å². The van der Waals surface area contributed by atoms with Crippen LogP contribution in [0, 0.1) is 0 Å². The van der Waals surface area contributed by atoms with Crippen molar-refractivity contribution >= 4 is 12.7 Å². The lowest BCUT2D eigenvalue weighted by atomic mass is 10.0. The van der Waals surface area contributed by atoms with Crippen LogP contribution in [0.4, 0.5) is 0 Å². The van der Waals surface area contributed by atoms with Gasteiger partial charge in [0.25, 0.3) is 0 Å². The SMILES string of the molecule is CCCCCCP(=O)(C(=O)c1c(OC)cccc1OC)C1CCCCC1. The largest absolute Gasteiger partial charge is 0.496 e. The number of ether oxygens (including phenoxy) is 2. The first-order valence-electron chi connectivity index (χ1n) is 9.93. The van der Waals surface area contributed by atoms with Crippen LogP contribution in [-0.4, -0.2) is 31.6 Å². The molecule has 1 atom stereocenters. The molecule has 2 rings (SSSR count). The Balaban J connectivity index is 2.38. The minimum atomic E-state index is -3.03. The third-order valence-electron chi connectivity index (χ3n) is 5.49. The van der Waals surface area contributed by atoms with Gasteiger partial charge in [-0.3, -0.25) is 4.79 Å². The second kappa shape index (κ2) is 10.2. The molecule has 1 unspecified atom stereocenters. The summed E-state index contributed by atoms with van der Waals surface area (Å²) >= 11 is 0. The molecule has 0 amide bonds. The van der Waals surface area contributed by atoms with Crippen molar-refractivity contribution in [3.8, 4) is 11.5 Å². The van der Waals surface area contributed by atoms with Crippen molar-refractivity contribution in [1.82, 2.24) is 0 Å². The van der Waals surface area contributed by atoms with E-state index in [1.165, 1.54) is 6.42 Å². The van der Waals surface area contributed by atoms with Gasteiger partial charge < -0.3 is 14.0 Å². The number of carbonyl (C=O) groups excluding carboxylic acids is 1. The molecule has 0 saturated heterocycles. The van der Waals surface area contributed by atoms with Gasteiger partial charge in [0, 0.05) is 11.8 Å². The van der Waals surface area contributed by atoms with E-state index in [4.69, 9.17) is 9.47 Å². The van der Waals surface area contributed by atoms with E-state index >= 15 is 0 Å². The lowest BCUT2D eigenvalue weighted by Crippen LogP contribution is -2.21. The van der Waals surface area contributed by atoms with Crippen molar-refractivity contribution < 1.29 is 18.8 Å². The number of rotatable bonds is 10. The smallest absolute Gasteiger partial charge is 0.229 e. The maximum Gasteiger partial charge on any atom is 0.229 e. The van der Waals surface area contributed by atoms with Crippen LogP contribution in [0.15, 0.2) is 18.2 Å². The zero-order chi connectivity index (χ0) is 19.0. The van der Waals surface area contributed by atoms with E-state index in [2.05, 4.69) is 6.92 Å². The number of unbranched alkanes of at least 4 members (excludes halogenated alkanes) is 3. The third kappa shape index (κ3) is 4.71. The van der Waals surface area contributed by atoms with Gasteiger partial charge in [-0.05, 0) is 31.4 Å². The Morgan fingerprint density at radius 3 is 2.19 bits per heavy atom. The summed E-state index contributed by atoms with van der Waals surface area (Å²) in [5, 5.41) is 0. The molecule has 5 heteroatoms. The fraction of sp³-hybridized carbons (Fsp3) is 0.667. The predicted octanol–water partition coefficient (Wildman–Crippen LogP) is 6.12. The normalized spacial score (nSPS) is 17.5. The highest BCUT2D eigenvalue weighted by Gasteiger charge is 2.42. The maximum atomic E-state index is 14.1. The molecule has 0 aromatic heterocycles. The van der Waals surface area contributed by atoms with E-state index in [0.717, 1.165) is 51.4 Å². The van der Waals surface area contributed by atoms with Crippen LogP contribution >= 0.6 is 7.14 Å². The summed E-state index contributed by atoms with van der Waals surface area (Å²) < 4.78 is 24.9. The molecule has 0 N–H and O–H groups in total. The molecule has 1 aromatic carbocycles. The van der Waals surface area contributed by atoms with Crippen molar-refractivity contribution in [2.75, 3.05) is 20.4 Å². The monoisotopic (exact) mass is 380 g/mol. The summed E-state index contributed by atoms with van der Waals surface area (Å²) in [6, 6.07) is 5.29. The first-order valence-corrected chi connectivity index (χ1v) is 11.9. The molecule has 0 spiro atoms. The Kier molecular flexibility index (Phi) is 8.21. The molecule has 0 aliphatic heterocycles. The van der Waals surface area contributed by atoms with Gasteiger partial charge in [0.15, 0.2) is 7.14 Å². The standard InChI is InChI=1S/C21H33O4P/c1-4-5-6-10-16-26(23,17-12-8-7-9-13-17)21(22)20-18(24-2)14-11-15-19(20)25-3/h11,14-15,17H,4-10,12-13,16H2,1-3H3. The Morgan fingerprint density at radius 1 is 1.04 bits per heavy atom. The van der Waals surface area contributed by atoms with Gasteiger partial charge in [-0.2, -0.15) is 0 Å². The zero-order valence-corrected chi connectivity index (χ0v) is 17.4. The molecule has 4 nitrogen and oxygen atoms in total. The summed E-state index contributed by atoms with van der Waals surface area (Å²) in [6.07, 6.45) is 9.76. The van der Waals surface area contributed by atoms with E-state index in [0.29, 0.717) is 23.2 Å². The van der Waals surface area contributed by atoms with E-state index in [-0.39, 0.29) is 11.2 Å². The summed E-state index contributed by atoms with van der Waals surface area (Å²) in [4.78, 5) is 13.6. The van der Waals surface area contributed by atoms with Gasteiger partial charge in [-0.15, -0.1) is 0 Å². The lowest BCUT2D eigenvalue weighted by Gasteiger charge is -2.30. The second-order valence-electron chi connectivity index (χ2n) is 7.21. The Hall–Kier alpha value is -1.28. The van der Waals surface area contributed by atoms with Crippen molar-refractivity contribution in [3.05, 3.63) is 23.8 Å². The predicted molar refractivity (Wildman–Crippen MR) is 107 cm³/mol. The summed E-state index contributed by atoms with van der Waals surface area (Å²) in [5.74, 6) is 0.915. The van der Waals surface area contributed by atoms with Crippen molar-refractivity contribution in [3.63, 3.8) is 0 Å². The fourth-order valence-corrected chi connectivity index (χ4v) is 7.36. The van der Waals surface area contributed by atoms with Crippen molar-refractivity contribution in [2.24, 2.45) is 0 Å². The molecule has 146 valence electrons. The summed E-state index contributed by atoms with van der Waals surface area (Å²) in [7, 11) is 0.0530. The molecule has 1 fully saturated rings. The number of hydrogen-bond acceptors (Lipinski definition) is 4. The second-order valence-corrected chi connectivity index (χ2v) is 10.4. The highest BCUT2D eigenvalue weighted by molar-refractivity contribution is 7.81. The van der Waals surface area contributed by atoms with Crippen molar-refractivity contribution in [2.45, 2.75) is 70.4 Å². The van der Waals surface area contributed by atoms with Gasteiger partial charge in [0.2, 0.25) is 5.52 Å². The van der Waals surface area contributed by atoms with Gasteiger partial charge in [0.1, 0.15) is 17.1 Å². The van der Waals surface area contributed by atoms with Crippen LogP contribution in [-0.2, 0) is 4.57 Å². The van der Waals surface area contributed by atoms with E-state index in [9.17, 15) is 9.36 Å². The minimum absolute atomic E-state index is 0.0139. The van der Waals surface area contributed by atoms with Crippen molar-refractivity contribution in [1.29, 1.82) is 0 Å². The van der Waals surface area contributed by atoms with E-state index in [1.807, 2.05) is 0 Å². The number of methoxy groups -OCH3 is 2. The first kappa shape index (κ1) is 21.0. The fourth-order valence-electron chi connectivity index (χ4n) is 3.97. The molecule has 1 aliphatic rings. The third-order valence-corrected chi connectivity index (χ3v) is 9.08. The zero-order valence-electron chi connectivity index (χ0n) is 16.5. The van der Waals surface area contributed by atoms with Crippen LogP contribution in [0.25, 0.3) is 0 Å². The molecule has 0 heterocycles. The van der Waals surface area contributed by atoms with Crippen LogP contribution in [0.5, 0.6) is 11.5 Å². The Labute approximate surface area is 158 Å². The summed E-state index contributed by atoms with van der Waals surface area (Å²) in [5.41, 5.74) is 0.136. The molecule has 0 bridgehead atoms. The minimum Gasteiger partial charge on any atom is -0.496 e. The van der Waals surface area contributed by atoms with Gasteiger partial charge >= 0.3 is 0 Å². The van der Waals surface area contributed by atoms with Crippen LogP contribution < -0.4 is 9.47 Å². The number of benzene rings is 1. The molecule has 0 radical (unpaired) electrons. The topological polar surface area (TPSA) is 52.6 Å².